The highest BCUT2D eigenvalue weighted by atomic mass is 32.2. The normalized spacial score (nSPS) is 10.6. The standard InChI is InChI=1S/C28H26N4O4S2/c1-4-36-27(35)24-18(3)23(25(34)30-20-13-9-6-10-14-20)26(38-24)32-22(33)16-37-28-29-17(2)15-21(31-28)19-11-7-5-8-12-19/h5-15H,4,16H2,1-3H3,(H,30,34)(H,32,33). The molecule has 10 heteroatoms. The molecule has 8 nitrogen and oxygen atoms in total. The van der Waals surface area contributed by atoms with E-state index in [1.54, 1.807) is 38.1 Å². The van der Waals surface area contributed by atoms with E-state index in [0.717, 1.165) is 28.3 Å². The zero-order chi connectivity index (χ0) is 27.1. The van der Waals surface area contributed by atoms with Gasteiger partial charge in [0.15, 0.2) is 5.16 Å². The number of ether oxygens (including phenoxy) is 1. The highest BCUT2D eigenvalue weighted by Crippen LogP contribution is 2.34. The van der Waals surface area contributed by atoms with Crippen LogP contribution in [0.4, 0.5) is 10.7 Å². The summed E-state index contributed by atoms with van der Waals surface area (Å²) in [7, 11) is 0. The molecule has 4 rings (SSSR count). The molecule has 2 aromatic carbocycles. The van der Waals surface area contributed by atoms with Gasteiger partial charge in [-0.15, -0.1) is 11.3 Å². The Morgan fingerprint density at radius 3 is 2.32 bits per heavy atom. The molecule has 0 saturated carbocycles. The summed E-state index contributed by atoms with van der Waals surface area (Å²) in [5.74, 6) is -1.31. The minimum atomic E-state index is -0.541. The van der Waals surface area contributed by atoms with Crippen LogP contribution in [0.25, 0.3) is 11.3 Å². The topological polar surface area (TPSA) is 110 Å². The van der Waals surface area contributed by atoms with E-state index in [2.05, 4.69) is 20.6 Å². The molecule has 0 aliphatic rings. The number of aryl methyl sites for hydroxylation is 1. The number of para-hydroxylation sites is 1. The number of anilines is 2. The zero-order valence-corrected chi connectivity index (χ0v) is 22.7. The van der Waals surface area contributed by atoms with Crippen LogP contribution in [0.1, 0.15) is 38.2 Å². The minimum Gasteiger partial charge on any atom is -0.462 e. The highest BCUT2D eigenvalue weighted by molar-refractivity contribution is 7.99. The third-order valence-electron chi connectivity index (χ3n) is 5.35. The van der Waals surface area contributed by atoms with Crippen LogP contribution >= 0.6 is 23.1 Å². The van der Waals surface area contributed by atoms with Gasteiger partial charge in [0.05, 0.1) is 23.6 Å². The Labute approximate surface area is 228 Å². The fourth-order valence-corrected chi connectivity index (χ4v) is 5.45. The van der Waals surface area contributed by atoms with Crippen LogP contribution in [0.3, 0.4) is 0 Å². The number of benzene rings is 2. The predicted octanol–water partition coefficient (Wildman–Crippen LogP) is 5.98. The van der Waals surface area contributed by atoms with E-state index >= 15 is 0 Å². The average molecular weight is 547 g/mol. The SMILES string of the molecule is CCOC(=O)c1sc(NC(=O)CSc2nc(C)cc(-c3ccccc3)n2)c(C(=O)Nc2ccccc2)c1C. The van der Waals surface area contributed by atoms with Crippen LogP contribution in [-0.2, 0) is 9.53 Å². The number of esters is 1. The summed E-state index contributed by atoms with van der Waals surface area (Å²) in [5, 5.41) is 6.37. The highest BCUT2D eigenvalue weighted by Gasteiger charge is 2.26. The Hall–Kier alpha value is -4.02. The summed E-state index contributed by atoms with van der Waals surface area (Å²) in [6.07, 6.45) is 0. The summed E-state index contributed by atoms with van der Waals surface area (Å²) in [6.45, 7) is 5.45. The second kappa shape index (κ2) is 12.5. The number of carbonyl (C=O) groups is 3. The van der Waals surface area contributed by atoms with E-state index in [1.807, 2.05) is 49.4 Å². The quantitative estimate of drug-likeness (QED) is 0.151. The van der Waals surface area contributed by atoms with Gasteiger partial charge in [0.25, 0.3) is 5.91 Å². The van der Waals surface area contributed by atoms with Crippen molar-refractivity contribution < 1.29 is 19.1 Å². The lowest BCUT2D eigenvalue weighted by Crippen LogP contribution is -2.18. The first-order chi connectivity index (χ1) is 18.4. The second-order valence-electron chi connectivity index (χ2n) is 8.18. The van der Waals surface area contributed by atoms with Crippen LogP contribution in [0.2, 0.25) is 0 Å². The summed E-state index contributed by atoms with van der Waals surface area (Å²) in [6, 6.07) is 20.6. The lowest BCUT2D eigenvalue weighted by molar-refractivity contribution is -0.113. The molecule has 2 N–H and O–H groups in total. The molecule has 0 radical (unpaired) electrons. The Kier molecular flexibility index (Phi) is 8.88. The lowest BCUT2D eigenvalue weighted by atomic mass is 10.1. The molecule has 0 fully saturated rings. The number of rotatable bonds is 9. The Morgan fingerprint density at radius 1 is 0.947 bits per heavy atom. The van der Waals surface area contributed by atoms with E-state index in [0.29, 0.717) is 16.4 Å². The number of nitrogens with one attached hydrogen (secondary N) is 2. The number of aromatic nitrogens is 2. The largest absolute Gasteiger partial charge is 0.462 e. The Morgan fingerprint density at radius 2 is 1.63 bits per heavy atom. The van der Waals surface area contributed by atoms with Crippen molar-refractivity contribution in [2.24, 2.45) is 0 Å². The first-order valence-corrected chi connectivity index (χ1v) is 13.7. The van der Waals surface area contributed by atoms with Crippen molar-refractivity contribution in [3.63, 3.8) is 0 Å². The van der Waals surface area contributed by atoms with Crippen LogP contribution < -0.4 is 10.6 Å². The van der Waals surface area contributed by atoms with Crippen molar-refractivity contribution in [3.05, 3.63) is 88.4 Å². The molecule has 2 amide bonds. The summed E-state index contributed by atoms with van der Waals surface area (Å²) in [5.41, 5.74) is 3.78. The van der Waals surface area contributed by atoms with Crippen molar-refractivity contribution in [3.8, 4) is 11.3 Å². The van der Waals surface area contributed by atoms with E-state index < -0.39 is 11.9 Å². The van der Waals surface area contributed by atoms with Crippen LogP contribution in [0, 0.1) is 13.8 Å². The molecule has 2 aromatic heterocycles. The molecule has 4 aromatic rings. The van der Waals surface area contributed by atoms with Gasteiger partial charge in [-0.1, -0.05) is 60.3 Å². The first kappa shape index (κ1) is 27.0. The van der Waals surface area contributed by atoms with E-state index in [-0.39, 0.29) is 33.7 Å². The summed E-state index contributed by atoms with van der Waals surface area (Å²) >= 11 is 2.21. The van der Waals surface area contributed by atoms with Gasteiger partial charge in [-0.3, -0.25) is 9.59 Å². The summed E-state index contributed by atoms with van der Waals surface area (Å²) < 4.78 is 5.15. The second-order valence-corrected chi connectivity index (χ2v) is 10.1. The van der Waals surface area contributed by atoms with Crippen molar-refractivity contribution >= 4 is 51.6 Å². The fraction of sp³-hybridized carbons (Fsp3) is 0.179. The van der Waals surface area contributed by atoms with Crippen LogP contribution in [-0.4, -0.2) is 40.1 Å². The molecule has 194 valence electrons. The molecular weight excluding hydrogens is 520 g/mol. The average Bonchev–Trinajstić information content (AvgIpc) is 3.24. The van der Waals surface area contributed by atoms with E-state index in [4.69, 9.17) is 4.74 Å². The molecular formula is C28H26N4O4S2. The Balaban J connectivity index is 1.53. The van der Waals surface area contributed by atoms with Gasteiger partial charge in [-0.25, -0.2) is 14.8 Å². The summed E-state index contributed by atoms with van der Waals surface area (Å²) in [4.78, 5) is 47.9. The van der Waals surface area contributed by atoms with Gasteiger partial charge < -0.3 is 15.4 Å². The van der Waals surface area contributed by atoms with Crippen molar-refractivity contribution in [2.45, 2.75) is 25.9 Å². The third-order valence-corrected chi connectivity index (χ3v) is 7.39. The van der Waals surface area contributed by atoms with Crippen molar-refractivity contribution in [2.75, 3.05) is 23.0 Å². The number of thiophene rings is 1. The van der Waals surface area contributed by atoms with Crippen molar-refractivity contribution in [1.82, 2.24) is 9.97 Å². The monoisotopic (exact) mass is 546 g/mol. The van der Waals surface area contributed by atoms with Gasteiger partial charge in [0, 0.05) is 16.9 Å². The number of nitrogens with zero attached hydrogens (tertiary/aromatic N) is 2. The number of amides is 2. The molecule has 0 bridgehead atoms. The predicted molar refractivity (Wildman–Crippen MR) is 151 cm³/mol. The molecule has 2 heterocycles. The molecule has 0 saturated heterocycles. The molecule has 0 atom stereocenters. The maximum Gasteiger partial charge on any atom is 0.348 e. The smallest absolute Gasteiger partial charge is 0.348 e. The minimum absolute atomic E-state index is 0.0170. The van der Waals surface area contributed by atoms with Crippen molar-refractivity contribution in [1.29, 1.82) is 0 Å². The first-order valence-electron chi connectivity index (χ1n) is 11.9. The Bertz CT molecular complexity index is 1460. The molecule has 0 spiro atoms. The van der Waals surface area contributed by atoms with E-state index in [9.17, 15) is 14.4 Å². The van der Waals surface area contributed by atoms with E-state index in [1.165, 1.54) is 11.8 Å². The van der Waals surface area contributed by atoms with Gasteiger partial charge >= 0.3 is 5.97 Å². The molecule has 0 aliphatic carbocycles. The number of thioether (sulfide) groups is 1. The van der Waals surface area contributed by atoms with Gasteiger partial charge in [0.1, 0.15) is 9.88 Å². The van der Waals surface area contributed by atoms with Crippen LogP contribution in [0.15, 0.2) is 71.9 Å². The number of hydrogen-bond donors (Lipinski definition) is 2. The van der Waals surface area contributed by atoms with Gasteiger partial charge in [0.2, 0.25) is 5.91 Å². The maximum absolute atomic E-state index is 13.2. The zero-order valence-electron chi connectivity index (χ0n) is 21.1. The van der Waals surface area contributed by atoms with Gasteiger partial charge in [-0.05, 0) is 44.5 Å². The lowest BCUT2D eigenvalue weighted by Gasteiger charge is -2.09. The molecule has 0 aliphatic heterocycles. The number of hydrogen-bond acceptors (Lipinski definition) is 8. The maximum atomic E-state index is 13.2. The van der Waals surface area contributed by atoms with Crippen LogP contribution in [0.5, 0.6) is 0 Å². The fourth-order valence-electron chi connectivity index (χ4n) is 3.64. The third kappa shape index (κ3) is 6.64. The van der Waals surface area contributed by atoms with Gasteiger partial charge in [-0.2, -0.15) is 0 Å². The molecule has 0 unspecified atom stereocenters. The number of carbonyl (C=O) groups excluding carboxylic acids is 3. The molecule has 38 heavy (non-hydrogen) atoms.